The summed E-state index contributed by atoms with van der Waals surface area (Å²) in [6.45, 7) is 6.34. The number of anilines is 3. The molecule has 0 aromatic heterocycles. The number of amides is 2. The van der Waals surface area contributed by atoms with Crippen molar-refractivity contribution in [1.82, 2.24) is 10.2 Å². The summed E-state index contributed by atoms with van der Waals surface area (Å²) < 4.78 is 47.0. The van der Waals surface area contributed by atoms with Gasteiger partial charge in [-0.2, -0.15) is 13.2 Å². The number of hydrogen-bond donors (Lipinski definition) is 4. The minimum Gasteiger partial charge on any atom is -0.495 e. The van der Waals surface area contributed by atoms with Crippen molar-refractivity contribution >= 4 is 35.1 Å². The molecule has 12 heteroatoms. The van der Waals surface area contributed by atoms with Gasteiger partial charge in [-0.05, 0) is 60.7 Å². The van der Waals surface area contributed by atoms with Gasteiger partial charge in [0.2, 0.25) is 11.8 Å². The van der Waals surface area contributed by atoms with E-state index in [4.69, 9.17) is 4.74 Å². The van der Waals surface area contributed by atoms with Crippen molar-refractivity contribution in [3.05, 3.63) is 72.1 Å². The Morgan fingerprint density at radius 1 is 1.15 bits per heavy atom. The Kier molecular flexibility index (Phi) is 8.66. The number of carbonyl (C=O) groups excluding carboxylic acids is 2. The van der Waals surface area contributed by atoms with Gasteiger partial charge in [0, 0.05) is 37.6 Å². The first-order valence-electron chi connectivity index (χ1n) is 12.7. The lowest BCUT2D eigenvalue weighted by Crippen LogP contribution is -2.42. The van der Waals surface area contributed by atoms with E-state index in [1.54, 1.807) is 25.1 Å². The molecule has 1 unspecified atom stereocenters. The monoisotopic (exact) mass is 556 g/mol. The van der Waals surface area contributed by atoms with Crippen LogP contribution in [0.15, 0.2) is 71.5 Å². The first-order valence-corrected chi connectivity index (χ1v) is 12.7. The molecule has 9 nitrogen and oxygen atoms in total. The van der Waals surface area contributed by atoms with Crippen LogP contribution in [-0.2, 0) is 9.59 Å². The molecule has 2 aliphatic rings. The molecule has 2 aromatic rings. The number of nitrogens with one attached hydrogen (secondary N) is 4. The van der Waals surface area contributed by atoms with Crippen molar-refractivity contribution < 1.29 is 27.5 Å². The van der Waals surface area contributed by atoms with Crippen LogP contribution in [-0.4, -0.2) is 55.6 Å². The van der Waals surface area contributed by atoms with Crippen molar-refractivity contribution in [3.63, 3.8) is 0 Å². The summed E-state index contributed by atoms with van der Waals surface area (Å²) in [5, 5.41) is 11.2. The quantitative estimate of drug-likeness (QED) is 0.348. The molecule has 0 aliphatic carbocycles. The van der Waals surface area contributed by atoms with Crippen LogP contribution in [0.1, 0.15) is 31.2 Å². The lowest BCUT2D eigenvalue weighted by molar-refractivity contribution is -0.129. The number of likely N-dealkylation sites (tertiary alicyclic amines) is 1. The van der Waals surface area contributed by atoms with Crippen LogP contribution in [0.2, 0.25) is 0 Å². The minimum absolute atomic E-state index is 0.0693. The Labute approximate surface area is 230 Å². The Balaban J connectivity index is 1.49. The number of allylic oxidation sites excluding steroid dienone is 1. The molecule has 2 heterocycles. The predicted octanol–water partition coefficient (Wildman–Crippen LogP) is 4.80. The molecule has 2 aromatic carbocycles. The highest BCUT2D eigenvalue weighted by atomic mass is 19.4. The zero-order chi connectivity index (χ0) is 28.9. The summed E-state index contributed by atoms with van der Waals surface area (Å²) in [4.78, 5) is 29.1. The van der Waals surface area contributed by atoms with Crippen molar-refractivity contribution in [2.45, 2.75) is 38.1 Å². The summed E-state index contributed by atoms with van der Waals surface area (Å²) in [7, 11) is 1.52. The van der Waals surface area contributed by atoms with Gasteiger partial charge in [0.05, 0.1) is 12.8 Å². The predicted molar refractivity (Wildman–Crippen MR) is 148 cm³/mol. The molecule has 0 spiro atoms. The Morgan fingerprint density at radius 3 is 2.52 bits per heavy atom. The number of hydrogen-bond acceptors (Lipinski definition) is 7. The summed E-state index contributed by atoms with van der Waals surface area (Å²) in [6.07, 6.45) is -2.07. The Hall–Kier alpha value is -4.48. The molecular formula is C28H31F3N6O3. The van der Waals surface area contributed by atoms with Crippen LogP contribution in [0.4, 0.5) is 30.2 Å². The average Bonchev–Trinajstić information content (AvgIpc) is 2.93. The molecular weight excluding hydrogens is 525 g/mol. The van der Waals surface area contributed by atoms with E-state index in [2.05, 4.69) is 32.8 Å². The van der Waals surface area contributed by atoms with Crippen LogP contribution in [0.5, 0.6) is 5.75 Å². The molecule has 0 radical (unpaired) electrons. The highest BCUT2D eigenvalue weighted by molar-refractivity contribution is 5.99. The SMILES string of the molecule is C=CC(=O)Nc1cccc(NC2=C(C(F)(F)F)C=NC(Nc3ccc(C4CCN(C(C)=O)CC4)cc3OC)N2)c1. The summed E-state index contributed by atoms with van der Waals surface area (Å²) in [6, 6.07) is 11.9. The number of aliphatic imine (C=N–C) groups is 1. The third-order valence-electron chi connectivity index (χ3n) is 6.72. The van der Waals surface area contributed by atoms with Crippen molar-refractivity contribution in [2.24, 2.45) is 4.99 Å². The maximum atomic E-state index is 13.8. The topological polar surface area (TPSA) is 107 Å². The van der Waals surface area contributed by atoms with E-state index in [1.807, 2.05) is 23.1 Å². The Morgan fingerprint density at radius 2 is 1.88 bits per heavy atom. The lowest BCUT2D eigenvalue weighted by atomic mass is 9.89. The number of halogens is 3. The molecule has 1 atom stereocenters. The van der Waals surface area contributed by atoms with Gasteiger partial charge in [-0.3, -0.25) is 9.59 Å². The van der Waals surface area contributed by atoms with Gasteiger partial charge in [-0.25, -0.2) is 4.99 Å². The second kappa shape index (κ2) is 12.1. The van der Waals surface area contributed by atoms with Gasteiger partial charge < -0.3 is 30.9 Å². The first kappa shape index (κ1) is 28.5. The van der Waals surface area contributed by atoms with Crippen molar-refractivity contribution in [3.8, 4) is 5.75 Å². The molecule has 40 heavy (non-hydrogen) atoms. The summed E-state index contributed by atoms with van der Waals surface area (Å²) in [5.74, 6) is 0.111. The van der Waals surface area contributed by atoms with E-state index in [1.165, 1.54) is 13.2 Å². The van der Waals surface area contributed by atoms with E-state index in [9.17, 15) is 22.8 Å². The molecule has 0 saturated carbocycles. The number of nitrogens with zero attached hydrogens (tertiary/aromatic N) is 2. The van der Waals surface area contributed by atoms with E-state index < -0.39 is 23.9 Å². The fourth-order valence-corrected chi connectivity index (χ4v) is 4.63. The van der Waals surface area contributed by atoms with E-state index in [0.29, 0.717) is 35.9 Å². The first-order chi connectivity index (χ1) is 19.1. The van der Waals surface area contributed by atoms with Gasteiger partial charge in [0.25, 0.3) is 0 Å². The minimum atomic E-state index is -4.67. The normalized spacial score (nSPS) is 17.6. The van der Waals surface area contributed by atoms with Gasteiger partial charge >= 0.3 is 6.18 Å². The zero-order valence-corrected chi connectivity index (χ0v) is 22.1. The smallest absolute Gasteiger partial charge is 0.421 e. The summed E-state index contributed by atoms with van der Waals surface area (Å²) in [5.41, 5.74) is 1.34. The number of alkyl halides is 3. The number of carbonyl (C=O) groups is 2. The van der Waals surface area contributed by atoms with Gasteiger partial charge in [0.15, 0.2) is 6.29 Å². The third kappa shape index (κ3) is 6.93. The molecule has 0 bridgehead atoms. The van der Waals surface area contributed by atoms with Crippen molar-refractivity contribution in [1.29, 1.82) is 0 Å². The lowest BCUT2D eigenvalue weighted by Gasteiger charge is -2.32. The molecule has 4 N–H and O–H groups in total. The number of rotatable bonds is 8. The maximum absolute atomic E-state index is 13.8. The molecule has 1 fully saturated rings. The van der Waals surface area contributed by atoms with Crippen LogP contribution >= 0.6 is 0 Å². The van der Waals surface area contributed by atoms with E-state index >= 15 is 0 Å². The zero-order valence-electron chi connectivity index (χ0n) is 22.1. The molecule has 1 saturated heterocycles. The number of benzene rings is 2. The third-order valence-corrected chi connectivity index (χ3v) is 6.72. The van der Waals surface area contributed by atoms with E-state index in [0.717, 1.165) is 30.7 Å². The maximum Gasteiger partial charge on any atom is 0.421 e. The number of methoxy groups -OCH3 is 1. The number of ether oxygens (including phenoxy) is 1. The summed E-state index contributed by atoms with van der Waals surface area (Å²) >= 11 is 0. The van der Waals surface area contributed by atoms with Crippen molar-refractivity contribution in [2.75, 3.05) is 36.1 Å². The second-order valence-corrected chi connectivity index (χ2v) is 9.40. The molecule has 212 valence electrons. The second-order valence-electron chi connectivity index (χ2n) is 9.40. The van der Waals surface area contributed by atoms with Crippen LogP contribution < -0.4 is 26.0 Å². The highest BCUT2D eigenvalue weighted by Gasteiger charge is 2.38. The largest absolute Gasteiger partial charge is 0.495 e. The van der Waals surface area contributed by atoms with Gasteiger partial charge in [0.1, 0.15) is 17.1 Å². The van der Waals surface area contributed by atoms with Crippen LogP contribution in [0.3, 0.4) is 0 Å². The van der Waals surface area contributed by atoms with Gasteiger partial charge in [-0.15, -0.1) is 0 Å². The number of piperidine rings is 1. The average molecular weight is 557 g/mol. The van der Waals surface area contributed by atoms with Crippen LogP contribution in [0.25, 0.3) is 0 Å². The molecule has 4 rings (SSSR count). The molecule has 2 amide bonds. The molecule has 2 aliphatic heterocycles. The standard InChI is InChI=1S/C28H31F3N6O3/c1-4-25(39)33-20-6-5-7-21(15-20)34-26-22(28(29,30)31)16-32-27(36-26)35-23-9-8-19(14-24(23)40-3)18-10-12-37(13-11-18)17(2)38/h4-9,14-16,18,27,34-36H,1,10-13H2,2-3H3,(H,33,39). The van der Waals surface area contributed by atoms with Crippen LogP contribution in [0, 0.1) is 0 Å². The fraction of sp³-hybridized carbons (Fsp3) is 0.321. The Bertz CT molecular complexity index is 1330. The van der Waals surface area contributed by atoms with E-state index in [-0.39, 0.29) is 17.6 Å². The van der Waals surface area contributed by atoms with Gasteiger partial charge in [-0.1, -0.05) is 18.7 Å². The fourth-order valence-electron chi connectivity index (χ4n) is 4.63. The highest BCUT2D eigenvalue weighted by Crippen LogP contribution is 2.35.